The van der Waals surface area contributed by atoms with E-state index in [0.717, 1.165) is 48.5 Å². The quantitative estimate of drug-likeness (QED) is 0.270. The normalized spacial score (nSPS) is 38.2. The molecule has 0 aromatic carbocycles. The van der Waals surface area contributed by atoms with E-state index < -0.39 is 0 Å². The molecule has 3 saturated carbocycles. The van der Waals surface area contributed by atoms with Crippen molar-refractivity contribution in [1.82, 2.24) is 5.32 Å². The van der Waals surface area contributed by atoms with Crippen molar-refractivity contribution < 1.29 is 0 Å². The minimum atomic E-state index is 0.663. The lowest BCUT2D eigenvalue weighted by molar-refractivity contribution is -0.0542. The molecule has 1 nitrogen and oxygen atoms in total. The Morgan fingerprint density at radius 1 is 1.12 bits per heavy atom. The molecule has 0 aromatic heterocycles. The molecule has 0 aliphatic heterocycles. The maximum Gasteiger partial charge on any atom is 0.00388 e. The van der Waals surface area contributed by atoms with Crippen LogP contribution in [0.4, 0.5) is 0 Å². The van der Waals surface area contributed by atoms with Crippen LogP contribution in [-0.4, -0.2) is 12.6 Å². The van der Waals surface area contributed by atoms with Crippen LogP contribution in [0.15, 0.2) is 23.8 Å². The van der Waals surface area contributed by atoms with Gasteiger partial charge in [-0.2, -0.15) is 0 Å². The standard InChI is InChI=1S/C30H51N.C2H6/c1-6-21(2)8-7-19-31-23(4)10-11-24-15-17-30(5)18-16-27-26-13-9-22(3)20-25(26)12-14-28(27)29(24)30;1-2/h9,23-29,31H,2,6-8,10-20H2,1,3-5H3;1-2H3. The molecule has 0 heterocycles. The van der Waals surface area contributed by atoms with Crippen molar-refractivity contribution in [3.63, 3.8) is 0 Å². The van der Waals surface area contributed by atoms with Crippen molar-refractivity contribution in [1.29, 1.82) is 0 Å². The van der Waals surface area contributed by atoms with E-state index in [4.69, 9.17) is 0 Å². The largest absolute Gasteiger partial charge is 0.314 e. The molecule has 33 heavy (non-hydrogen) atoms. The Balaban J connectivity index is 0.00000149. The minimum Gasteiger partial charge on any atom is -0.314 e. The predicted molar refractivity (Wildman–Crippen MR) is 146 cm³/mol. The molecule has 0 spiro atoms. The molecule has 1 N–H and O–H groups in total. The molecular weight excluding hydrogens is 398 g/mol. The first kappa shape index (κ1) is 27.0. The summed E-state index contributed by atoms with van der Waals surface area (Å²) in [5.41, 5.74) is 3.75. The van der Waals surface area contributed by atoms with Gasteiger partial charge in [0, 0.05) is 6.04 Å². The second-order valence-electron chi connectivity index (χ2n) is 12.5. The Bertz CT molecular complexity index is 647. The van der Waals surface area contributed by atoms with Crippen LogP contribution in [0.2, 0.25) is 0 Å². The summed E-state index contributed by atoms with van der Waals surface area (Å²) in [6, 6.07) is 0.670. The molecule has 0 saturated heterocycles. The Hall–Kier alpha value is -0.560. The monoisotopic (exact) mass is 455 g/mol. The zero-order valence-electron chi connectivity index (χ0n) is 23.2. The molecular formula is C32H57N. The number of hydrogen-bond acceptors (Lipinski definition) is 1. The third-order valence-corrected chi connectivity index (χ3v) is 10.5. The van der Waals surface area contributed by atoms with E-state index in [1.165, 1.54) is 69.8 Å². The molecule has 1 heteroatoms. The van der Waals surface area contributed by atoms with Gasteiger partial charge in [0.15, 0.2) is 0 Å². The summed E-state index contributed by atoms with van der Waals surface area (Å²) in [7, 11) is 0. The second kappa shape index (κ2) is 12.4. The highest BCUT2D eigenvalue weighted by Gasteiger charge is 2.56. The van der Waals surface area contributed by atoms with Crippen molar-refractivity contribution in [2.75, 3.05) is 6.54 Å². The number of fused-ring (bicyclic) bond motifs is 5. The van der Waals surface area contributed by atoms with Crippen molar-refractivity contribution in [2.45, 2.75) is 131 Å². The molecule has 0 bridgehead atoms. The van der Waals surface area contributed by atoms with Gasteiger partial charge in [0.2, 0.25) is 0 Å². The lowest BCUT2D eigenvalue weighted by Crippen LogP contribution is -2.48. The Morgan fingerprint density at radius 3 is 2.64 bits per heavy atom. The molecule has 4 aliphatic carbocycles. The third kappa shape index (κ3) is 6.36. The molecule has 190 valence electrons. The second-order valence-corrected chi connectivity index (χ2v) is 12.5. The van der Waals surface area contributed by atoms with Gasteiger partial charge in [-0.05, 0) is 145 Å². The van der Waals surface area contributed by atoms with E-state index in [1.54, 1.807) is 18.4 Å². The average molecular weight is 456 g/mol. The summed E-state index contributed by atoms with van der Waals surface area (Å²) < 4.78 is 0. The van der Waals surface area contributed by atoms with E-state index in [0.29, 0.717) is 11.5 Å². The minimum absolute atomic E-state index is 0.663. The average Bonchev–Trinajstić information content (AvgIpc) is 3.17. The van der Waals surface area contributed by atoms with E-state index in [9.17, 15) is 0 Å². The molecule has 4 aliphatic rings. The lowest BCUT2D eigenvalue weighted by Gasteiger charge is -2.55. The topological polar surface area (TPSA) is 12.0 Å². The van der Waals surface area contributed by atoms with Crippen LogP contribution in [0, 0.1) is 40.9 Å². The van der Waals surface area contributed by atoms with Crippen LogP contribution >= 0.6 is 0 Å². The van der Waals surface area contributed by atoms with Crippen LogP contribution in [-0.2, 0) is 0 Å². The van der Waals surface area contributed by atoms with Gasteiger partial charge in [0.25, 0.3) is 0 Å². The van der Waals surface area contributed by atoms with Gasteiger partial charge in [0.05, 0.1) is 0 Å². The smallest absolute Gasteiger partial charge is 0.00388 e. The Morgan fingerprint density at radius 2 is 1.88 bits per heavy atom. The summed E-state index contributed by atoms with van der Waals surface area (Å²) >= 11 is 0. The Labute approximate surface area is 207 Å². The van der Waals surface area contributed by atoms with Crippen LogP contribution in [0.3, 0.4) is 0 Å². The highest BCUT2D eigenvalue weighted by atomic mass is 14.9. The van der Waals surface area contributed by atoms with Gasteiger partial charge in [-0.25, -0.2) is 0 Å². The summed E-state index contributed by atoms with van der Waals surface area (Å²) in [5, 5.41) is 3.82. The van der Waals surface area contributed by atoms with Gasteiger partial charge in [-0.3, -0.25) is 0 Å². The number of nitrogens with one attached hydrogen (secondary N) is 1. The highest BCUT2D eigenvalue weighted by molar-refractivity contribution is 5.11. The zero-order chi connectivity index (χ0) is 24.0. The first-order valence-corrected chi connectivity index (χ1v) is 15.0. The first-order valence-electron chi connectivity index (χ1n) is 15.0. The molecule has 4 rings (SSSR count). The fraction of sp³-hybridized carbons (Fsp3) is 0.875. The molecule has 8 unspecified atom stereocenters. The number of allylic oxidation sites excluding steroid dienone is 3. The third-order valence-electron chi connectivity index (χ3n) is 10.5. The van der Waals surface area contributed by atoms with Gasteiger partial charge in [-0.1, -0.05) is 51.5 Å². The SMILES string of the molecule is C=C(CC)CCCNC(C)CCC1CCC2(C)CCC3C4CC=C(C)CC4CCC3C12.CC. The summed E-state index contributed by atoms with van der Waals surface area (Å²) in [5.74, 6) is 6.15. The van der Waals surface area contributed by atoms with Crippen LogP contribution < -0.4 is 5.32 Å². The van der Waals surface area contributed by atoms with E-state index in [-0.39, 0.29) is 0 Å². The molecule has 3 fully saturated rings. The summed E-state index contributed by atoms with van der Waals surface area (Å²) in [6.07, 6.45) is 21.0. The van der Waals surface area contributed by atoms with Crippen LogP contribution in [0.25, 0.3) is 0 Å². The maximum atomic E-state index is 4.15. The molecule has 0 amide bonds. The molecule has 0 radical (unpaired) electrons. The van der Waals surface area contributed by atoms with Gasteiger partial charge in [0.1, 0.15) is 0 Å². The van der Waals surface area contributed by atoms with Crippen LogP contribution in [0.5, 0.6) is 0 Å². The maximum absolute atomic E-state index is 4.15. The zero-order valence-corrected chi connectivity index (χ0v) is 23.2. The van der Waals surface area contributed by atoms with Crippen molar-refractivity contribution in [2.24, 2.45) is 40.9 Å². The van der Waals surface area contributed by atoms with E-state index >= 15 is 0 Å². The summed E-state index contributed by atoms with van der Waals surface area (Å²) in [4.78, 5) is 0. The van der Waals surface area contributed by atoms with E-state index in [1.807, 2.05) is 13.8 Å². The number of hydrogen-bond donors (Lipinski definition) is 1. The fourth-order valence-electron chi connectivity index (χ4n) is 8.67. The fourth-order valence-corrected chi connectivity index (χ4v) is 8.67. The van der Waals surface area contributed by atoms with Gasteiger partial charge in [-0.15, -0.1) is 0 Å². The predicted octanol–water partition coefficient (Wildman–Crippen LogP) is 9.34. The van der Waals surface area contributed by atoms with Crippen LogP contribution in [0.1, 0.15) is 125 Å². The number of rotatable bonds is 9. The van der Waals surface area contributed by atoms with E-state index in [2.05, 4.69) is 45.7 Å². The highest BCUT2D eigenvalue weighted by Crippen LogP contribution is 2.64. The Kier molecular flexibility index (Phi) is 10.2. The molecule has 0 aromatic rings. The van der Waals surface area contributed by atoms with Crippen molar-refractivity contribution >= 4 is 0 Å². The molecule has 8 atom stereocenters. The lowest BCUT2D eigenvalue weighted by atomic mass is 9.50. The van der Waals surface area contributed by atoms with Crippen molar-refractivity contribution in [3.05, 3.63) is 23.8 Å². The summed E-state index contributed by atoms with van der Waals surface area (Å²) in [6.45, 7) is 19.0. The van der Waals surface area contributed by atoms with Crippen molar-refractivity contribution in [3.8, 4) is 0 Å². The van der Waals surface area contributed by atoms with Gasteiger partial charge < -0.3 is 5.32 Å². The first-order chi connectivity index (χ1) is 15.9. The van der Waals surface area contributed by atoms with Gasteiger partial charge >= 0.3 is 0 Å².